The molecule has 15 nitrogen and oxygen atoms in total. The molecule has 2 saturated heterocycles. The van der Waals surface area contributed by atoms with Gasteiger partial charge in [0, 0.05) is 49.3 Å². The summed E-state index contributed by atoms with van der Waals surface area (Å²) >= 11 is 13.8. The van der Waals surface area contributed by atoms with Crippen LogP contribution in [0.5, 0.6) is 0 Å². The molecule has 2 fully saturated rings. The highest BCUT2D eigenvalue weighted by Crippen LogP contribution is 2.34. The maximum Gasteiger partial charge on any atom is 0.227 e. The number of benzene rings is 3. The number of anilines is 1. The van der Waals surface area contributed by atoms with Crippen molar-refractivity contribution in [3.05, 3.63) is 100 Å². The van der Waals surface area contributed by atoms with E-state index in [9.17, 15) is 0 Å². The van der Waals surface area contributed by atoms with E-state index in [2.05, 4.69) is 104 Å². The summed E-state index contributed by atoms with van der Waals surface area (Å²) in [6, 6.07) is 23.5. The van der Waals surface area contributed by atoms with Gasteiger partial charge in [0.05, 0.1) is 23.5 Å². The first-order chi connectivity index (χ1) is 27.7. The van der Waals surface area contributed by atoms with Gasteiger partial charge < -0.3 is 14.7 Å². The summed E-state index contributed by atoms with van der Waals surface area (Å²) in [6.45, 7) is 2.75. The summed E-state index contributed by atoms with van der Waals surface area (Å²) in [5.41, 5.74) is 3.91. The maximum atomic E-state index is 6.14. The number of hydrogen-bond acceptors (Lipinski definition) is 12. The van der Waals surface area contributed by atoms with Crippen molar-refractivity contribution in [1.82, 2.24) is 65.0 Å². The molecule has 0 aliphatic carbocycles. The lowest BCUT2D eigenvalue weighted by Crippen LogP contribution is -2.37. The SMILES string of the molecule is CN(C)Cc1ccc(-c2nnc(N3CCCCC3c3nnn(-c4cccc(Cl)c4)n3)n2C)cc1.CN=C(SC)N1CCCCC1c1nnn(-c2cccc(Cl)c2)n1. The van der Waals surface area contributed by atoms with Crippen LogP contribution >= 0.6 is 35.0 Å². The number of thioether (sulfide) groups is 1. The van der Waals surface area contributed by atoms with Crippen LogP contribution in [0.2, 0.25) is 10.0 Å². The highest BCUT2D eigenvalue weighted by molar-refractivity contribution is 8.13. The molecule has 2 aliphatic heterocycles. The van der Waals surface area contributed by atoms with Crippen LogP contribution in [0.25, 0.3) is 22.8 Å². The van der Waals surface area contributed by atoms with Crippen LogP contribution in [-0.2, 0) is 13.6 Å². The summed E-state index contributed by atoms with van der Waals surface area (Å²) in [5, 5.41) is 37.8. The summed E-state index contributed by atoms with van der Waals surface area (Å²) in [4.78, 5) is 14.1. The molecular weight excluding hydrogens is 782 g/mol. The average Bonchev–Trinajstić information content (AvgIpc) is 4.00. The van der Waals surface area contributed by atoms with Gasteiger partial charge >= 0.3 is 0 Å². The van der Waals surface area contributed by atoms with Crippen LogP contribution in [0.3, 0.4) is 0 Å². The van der Waals surface area contributed by atoms with Gasteiger partial charge in [0.2, 0.25) is 5.95 Å². The fourth-order valence-corrected chi connectivity index (χ4v) is 8.29. The molecular formula is C39H47Cl2N15S. The van der Waals surface area contributed by atoms with Gasteiger partial charge in [-0.1, -0.05) is 71.4 Å². The minimum Gasteiger partial charge on any atom is -0.341 e. The van der Waals surface area contributed by atoms with Crippen LogP contribution in [0.15, 0.2) is 77.8 Å². The second-order valence-corrected chi connectivity index (χ2v) is 15.9. The molecule has 2 unspecified atom stereocenters. The minimum absolute atomic E-state index is 0.0140. The number of nitrogens with zero attached hydrogens (tertiary/aromatic N) is 15. The lowest BCUT2D eigenvalue weighted by atomic mass is 10.0. The molecule has 5 heterocycles. The second-order valence-electron chi connectivity index (χ2n) is 14.3. The number of likely N-dealkylation sites (tertiary alicyclic amines) is 1. The van der Waals surface area contributed by atoms with Crippen molar-refractivity contribution in [2.75, 3.05) is 45.4 Å². The third-order valence-corrected chi connectivity index (χ3v) is 11.2. The molecule has 57 heavy (non-hydrogen) atoms. The van der Waals surface area contributed by atoms with E-state index in [0.29, 0.717) is 15.9 Å². The summed E-state index contributed by atoms with van der Waals surface area (Å²) in [7, 11) is 7.98. The van der Waals surface area contributed by atoms with Crippen LogP contribution < -0.4 is 4.90 Å². The van der Waals surface area contributed by atoms with E-state index in [1.165, 1.54) is 21.6 Å². The first kappa shape index (κ1) is 40.3. The van der Waals surface area contributed by atoms with E-state index < -0.39 is 0 Å². The van der Waals surface area contributed by atoms with Gasteiger partial charge in [-0.15, -0.1) is 40.2 Å². The topological polar surface area (TPSA) is 140 Å². The number of piperidine rings is 2. The van der Waals surface area contributed by atoms with Crippen molar-refractivity contribution < 1.29 is 0 Å². The normalized spacial score (nSPS) is 17.5. The van der Waals surface area contributed by atoms with E-state index in [1.807, 2.05) is 68.9 Å². The van der Waals surface area contributed by atoms with Crippen molar-refractivity contribution in [2.45, 2.75) is 57.2 Å². The molecule has 8 rings (SSSR count). The Kier molecular flexibility index (Phi) is 13.1. The molecule has 3 aromatic heterocycles. The maximum absolute atomic E-state index is 6.14. The Bertz CT molecular complexity index is 2270. The smallest absolute Gasteiger partial charge is 0.227 e. The Morgan fingerprint density at radius 3 is 1.95 bits per heavy atom. The van der Waals surface area contributed by atoms with Gasteiger partial charge in [-0.3, -0.25) is 9.56 Å². The first-order valence-corrected chi connectivity index (χ1v) is 21.0. The predicted molar refractivity (Wildman–Crippen MR) is 226 cm³/mol. The van der Waals surface area contributed by atoms with E-state index >= 15 is 0 Å². The monoisotopic (exact) mass is 827 g/mol. The molecule has 0 amide bonds. The number of aliphatic imine (C=N–C) groups is 1. The van der Waals surface area contributed by atoms with Crippen molar-refractivity contribution in [3.63, 3.8) is 0 Å². The molecule has 2 atom stereocenters. The Labute approximate surface area is 347 Å². The molecule has 0 saturated carbocycles. The first-order valence-electron chi connectivity index (χ1n) is 19.0. The fraction of sp³-hybridized carbons (Fsp3) is 0.410. The van der Waals surface area contributed by atoms with Crippen molar-refractivity contribution in [3.8, 4) is 22.8 Å². The van der Waals surface area contributed by atoms with Crippen LogP contribution in [0.1, 0.15) is 67.8 Å². The molecule has 0 bridgehead atoms. The van der Waals surface area contributed by atoms with Crippen molar-refractivity contribution in [2.24, 2.45) is 12.0 Å². The lowest BCUT2D eigenvalue weighted by molar-refractivity contribution is 0.239. The van der Waals surface area contributed by atoms with E-state index in [0.717, 1.165) is 91.4 Å². The zero-order valence-corrected chi connectivity index (χ0v) is 35.1. The zero-order valence-electron chi connectivity index (χ0n) is 32.8. The molecule has 0 radical (unpaired) electrons. The molecule has 298 valence electrons. The van der Waals surface area contributed by atoms with Gasteiger partial charge in [-0.05, 0) is 111 Å². The number of halogens is 2. The van der Waals surface area contributed by atoms with Crippen LogP contribution in [-0.4, -0.2) is 111 Å². The molecule has 6 aromatic rings. The number of hydrogen-bond donors (Lipinski definition) is 0. The number of amidine groups is 1. The number of aromatic nitrogens is 11. The van der Waals surface area contributed by atoms with Gasteiger partial charge in [0.1, 0.15) is 0 Å². The quantitative estimate of drug-likeness (QED) is 0.114. The fourth-order valence-electron chi connectivity index (χ4n) is 7.29. The number of tetrazole rings is 2. The summed E-state index contributed by atoms with van der Waals surface area (Å²) in [5.74, 6) is 3.07. The standard InChI is InChI=1S/C24H28ClN9.C15H19ClN6S/c1-31(2)16-17-10-12-18(13-11-17)23-27-28-24(32(23)3)33-14-5-4-9-21(33)22-26-30-34(29-22)20-8-6-7-19(25)15-20;1-17-15(23-2)21-9-4-3-8-13(21)14-18-20-22(19-14)12-7-5-6-11(16)10-12/h6-8,10-13,15,21H,4-5,9,14,16H2,1-3H3;5-7,10,13H,3-4,8-9H2,1-2H3. The summed E-state index contributed by atoms with van der Waals surface area (Å²) < 4.78 is 2.06. The van der Waals surface area contributed by atoms with Crippen LogP contribution in [0.4, 0.5) is 5.95 Å². The van der Waals surface area contributed by atoms with Crippen molar-refractivity contribution in [1.29, 1.82) is 0 Å². The minimum atomic E-state index is -0.0140. The highest BCUT2D eigenvalue weighted by Gasteiger charge is 2.32. The van der Waals surface area contributed by atoms with E-state index in [-0.39, 0.29) is 12.1 Å². The van der Waals surface area contributed by atoms with E-state index in [1.54, 1.807) is 11.8 Å². The largest absolute Gasteiger partial charge is 0.341 e. The molecule has 0 spiro atoms. The lowest BCUT2D eigenvalue weighted by Gasteiger charge is -2.35. The Morgan fingerprint density at radius 2 is 1.37 bits per heavy atom. The Balaban J connectivity index is 0.000000188. The zero-order chi connectivity index (χ0) is 39.9. The molecule has 0 N–H and O–H groups in total. The Hall–Kier alpha value is -4.90. The Morgan fingerprint density at radius 1 is 0.772 bits per heavy atom. The summed E-state index contributed by atoms with van der Waals surface area (Å²) in [6.07, 6.45) is 8.51. The molecule has 3 aromatic carbocycles. The molecule has 2 aliphatic rings. The van der Waals surface area contributed by atoms with E-state index in [4.69, 9.17) is 23.2 Å². The van der Waals surface area contributed by atoms with Gasteiger partial charge in [0.25, 0.3) is 0 Å². The van der Waals surface area contributed by atoms with Gasteiger partial charge in [-0.2, -0.15) is 0 Å². The predicted octanol–water partition coefficient (Wildman–Crippen LogP) is 7.10. The third-order valence-electron chi connectivity index (χ3n) is 9.98. The van der Waals surface area contributed by atoms with Gasteiger partial charge in [0.15, 0.2) is 22.6 Å². The number of rotatable bonds is 8. The average molecular weight is 829 g/mol. The third kappa shape index (κ3) is 9.46. The van der Waals surface area contributed by atoms with Crippen molar-refractivity contribution >= 4 is 46.1 Å². The molecule has 18 heteroatoms. The second kappa shape index (κ2) is 18.6. The highest BCUT2D eigenvalue weighted by atomic mass is 35.5. The van der Waals surface area contributed by atoms with Crippen LogP contribution in [0, 0.1) is 0 Å². The van der Waals surface area contributed by atoms with Gasteiger partial charge in [-0.25, -0.2) is 0 Å².